The Morgan fingerprint density at radius 3 is 2.32 bits per heavy atom. The number of benzene rings is 1. The van der Waals surface area contributed by atoms with Gasteiger partial charge in [-0.2, -0.15) is 19.3 Å². The maximum Gasteiger partial charge on any atom is 0.247 e. The van der Waals surface area contributed by atoms with E-state index in [0.717, 1.165) is 31.2 Å². The number of hydrogen-bond donors (Lipinski definition) is 0. The number of sulfonamides is 1. The molecule has 2 aliphatic heterocycles. The largest absolute Gasteiger partial charge is 0.495 e. The first-order valence-corrected chi connectivity index (χ1v) is 9.98. The van der Waals surface area contributed by atoms with Crippen LogP contribution in [0.4, 0.5) is 0 Å². The van der Waals surface area contributed by atoms with Gasteiger partial charge in [-0.25, -0.2) is 8.42 Å². The molecule has 1 aromatic carbocycles. The van der Waals surface area contributed by atoms with Crippen molar-refractivity contribution < 1.29 is 13.2 Å². The van der Waals surface area contributed by atoms with Crippen LogP contribution in [0, 0.1) is 6.92 Å². The maximum atomic E-state index is 13.4. The van der Waals surface area contributed by atoms with Crippen LogP contribution in [0.3, 0.4) is 0 Å². The molecule has 2 bridgehead atoms. The lowest BCUT2D eigenvalue weighted by molar-refractivity contribution is 0.174. The zero-order chi connectivity index (χ0) is 17.6. The van der Waals surface area contributed by atoms with Crippen LogP contribution < -0.4 is 4.74 Å². The van der Waals surface area contributed by atoms with E-state index in [-0.39, 0.29) is 23.0 Å². The standard InChI is InChI=1S/C17H22N4O3S/c1-12-3-6-16(24-2)17(9-12)25(22,23)20-13-4-5-14(20)11-15(10-13)21-18-7-8-19-21/h3,6-9,13-15H,4-5,10-11H2,1-2H3/t13-,14-/m0/s1. The molecule has 134 valence electrons. The molecule has 2 aromatic rings. The minimum Gasteiger partial charge on any atom is -0.495 e. The fourth-order valence-corrected chi connectivity index (χ4v) is 6.34. The van der Waals surface area contributed by atoms with E-state index in [1.165, 1.54) is 7.11 Å². The van der Waals surface area contributed by atoms with Crippen LogP contribution >= 0.6 is 0 Å². The van der Waals surface area contributed by atoms with Gasteiger partial charge in [-0.3, -0.25) is 0 Å². The highest BCUT2D eigenvalue weighted by atomic mass is 32.2. The third-order valence-corrected chi connectivity index (χ3v) is 7.31. The second-order valence-corrected chi connectivity index (χ2v) is 8.66. The van der Waals surface area contributed by atoms with Crippen molar-refractivity contribution in [2.75, 3.05) is 7.11 Å². The van der Waals surface area contributed by atoms with Crippen LogP contribution in [0.5, 0.6) is 5.75 Å². The third-order valence-electron chi connectivity index (χ3n) is 5.28. The van der Waals surface area contributed by atoms with Gasteiger partial charge in [0, 0.05) is 12.1 Å². The van der Waals surface area contributed by atoms with Crippen LogP contribution in [-0.2, 0) is 10.0 Å². The molecule has 0 unspecified atom stereocenters. The number of nitrogens with zero attached hydrogens (tertiary/aromatic N) is 4. The molecule has 0 amide bonds. The minimum atomic E-state index is -3.60. The molecular formula is C17H22N4O3S. The highest BCUT2D eigenvalue weighted by molar-refractivity contribution is 7.89. The Morgan fingerprint density at radius 2 is 1.72 bits per heavy atom. The van der Waals surface area contributed by atoms with Crippen molar-refractivity contribution in [2.45, 2.75) is 55.6 Å². The van der Waals surface area contributed by atoms with Gasteiger partial charge in [-0.15, -0.1) is 0 Å². The highest BCUT2D eigenvalue weighted by Gasteiger charge is 2.48. The molecule has 0 spiro atoms. The quantitative estimate of drug-likeness (QED) is 0.833. The van der Waals surface area contributed by atoms with Gasteiger partial charge in [0.1, 0.15) is 10.6 Å². The van der Waals surface area contributed by atoms with Crippen molar-refractivity contribution in [3.63, 3.8) is 0 Å². The number of fused-ring (bicyclic) bond motifs is 2. The van der Waals surface area contributed by atoms with E-state index in [1.54, 1.807) is 33.6 Å². The Bertz CT molecular complexity index is 852. The summed E-state index contributed by atoms with van der Waals surface area (Å²) in [4.78, 5) is 1.99. The maximum absolute atomic E-state index is 13.4. The predicted octanol–water partition coefficient (Wildman–Crippen LogP) is 2.15. The first kappa shape index (κ1) is 16.5. The minimum absolute atomic E-state index is 0.00929. The summed E-state index contributed by atoms with van der Waals surface area (Å²) in [5, 5.41) is 8.48. The van der Waals surface area contributed by atoms with Crippen LogP contribution in [0.25, 0.3) is 0 Å². The number of piperidine rings is 1. The molecule has 25 heavy (non-hydrogen) atoms. The summed E-state index contributed by atoms with van der Waals surface area (Å²) < 4.78 is 33.8. The lowest BCUT2D eigenvalue weighted by Crippen LogP contribution is -2.47. The van der Waals surface area contributed by atoms with E-state index in [9.17, 15) is 8.42 Å². The Hall–Kier alpha value is -1.93. The monoisotopic (exact) mass is 362 g/mol. The SMILES string of the molecule is COc1ccc(C)cc1S(=O)(=O)N1[C@H]2CC[C@H]1CC(n1nccn1)C2. The molecule has 8 heteroatoms. The van der Waals surface area contributed by atoms with Gasteiger partial charge in [0.2, 0.25) is 10.0 Å². The first-order valence-electron chi connectivity index (χ1n) is 8.54. The van der Waals surface area contributed by atoms with E-state index in [1.807, 2.05) is 13.0 Å². The van der Waals surface area contributed by atoms with Crippen LogP contribution in [0.2, 0.25) is 0 Å². The van der Waals surface area contributed by atoms with Crippen molar-refractivity contribution in [3.05, 3.63) is 36.2 Å². The summed E-state index contributed by atoms with van der Waals surface area (Å²) in [6.07, 6.45) is 6.61. The number of aryl methyl sites for hydroxylation is 1. The van der Waals surface area contributed by atoms with Gasteiger partial charge in [0.05, 0.1) is 25.5 Å². The fourth-order valence-electron chi connectivity index (χ4n) is 4.20. The van der Waals surface area contributed by atoms with Crippen LogP contribution in [0.1, 0.15) is 37.3 Å². The zero-order valence-corrected chi connectivity index (χ0v) is 15.2. The molecule has 0 saturated carbocycles. The van der Waals surface area contributed by atoms with Crippen LogP contribution in [0.15, 0.2) is 35.5 Å². The van der Waals surface area contributed by atoms with Gasteiger partial charge >= 0.3 is 0 Å². The Labute approximate surface area is 147 Å². The molecule has 2 saturated heterocycles. The number of hydrogen-bond acceptors (Lipinski definition) is 5. The van der Waals surface area contributed by atoms with E-state index >= 15 is 0 Å². The predicted molar refractivity (Wildman–Crippen MR) is 91.9 cm³/mol. The molecule has 0 aliphatic carbocycles. The molecular weight excluding hydrogens is 340 g/mol. The summed E-state index contributed by atoms with van der Waals surface area (Å²) >= 11 is 0. The number of rotatable bonds is 4. The summed E-state index contributed by atoms with van der Waals surface area (Å²) in [7, 11) is -2.09. The van der Waals surface area contributed by atoms with E-state index in [2.05, 4.69) is 10.2 Å². The fraction of sp³-hybridized carbons (Fsp3) is 0.529. The molecule has 0 radical (unpaired) electrons. The Balaban J connectivity index is 1.68. The molecule has 0 N–H and O–H groups in total. The number of aromatic nitrogens is 3. The molecule has 2 aliphatic rings. The van der Waals surface area contributed by atoms with Gasteiger partial charge in [-0.05, 0) is 50.3 Å². The van der Waals surface area contributed by atoms with E-state index < -0.39 is 10.0 Å². The van der Waals surface area contributed by atoms with E-state index in [4.69, 9.17) is 4.74 Å². The summed E-state index contributed by atoms with van der Waals surface area (Å²) in [5.41, 5.74) is 0.905. The smallest absolute Gasteiger partial charge is 0.247 e. The molecule has 1 aromatic heterocycles. The van der Waals surface area contributed by atoms with Crippen molar-refractivity contribution in [2.24, 2.45) is 0 Å². The second kappa shape index (κ2) is 6.10. The number of methoxy groups -OCH3 is 1. The first-order chi connectivity index (χ1) is 12.0. The second-order valence-electron chi connectivity index (χ2n) is 6.85. The van der Waals surface area contributed by atoms with Crippen molar-refractivity contribution in [1.29, 1.82) is 0 Å². The van der Waals surface area contributed by atoms with Gasteiger partial charge < -0.3 is 4.74 Å². The summed E-state index contributed by atoms with van der Waals surface area (Å²) in [6.45, 7) is 1.89. The Morgan fingerprint density at radius 1 is 1.08 bits per heavy atom. The van der Waals surface area contributed by atoms with Gasteiger partial charge in [0.15, 0.2) is 0 Å². The third kappa shape index (κ3) is 2.73. The molecule has 3 heterocycles. The average molecular weight is 362 g/mol. The molecule has 2 atom stereocenters. The Kier molecular flexibility index (Phi) is 4.04. The van der Waals surface area contributed by atoms with Gasteiger partial charge in [0.25, 0.3) is 0 Å². The molecule has 2 fully saturated rings. The lowest BCUT2D eigenvalue weighted by Gasteiger charge is -2.37. The van der Waals surface area contributed by atoms with E-state index in [0.29, 0.717) is 5.75 Å². The number of ether oxygens (including phenoxy) is 1. The van der Waals surface area contributed by atoms with Crippen LogP contribution in [-0.4, -0.2) is 46.9 Å². The summed E-state index contributed by atoms with van der Waals surface area (Å²) in [6, 6.07) is 5.44. The van der Waals surface area contributed by atoms with Crippen molar-refractivity contribution in [1.82, 2.24) is 19.3 Å². The highest BCUT2D eigenvalue weighted by Crippen LogP contribution is 2.44. The average Bonchev–Trinajstić information content (AvgIpc) is 3.22. The van der Waals surface area contributed by atoms with Crippen molar-refractivity contribution >= 4 is 10.0 Å². The van der Waals surface area contributed by atoms with Gasteiger partial charge in [-0.1, -0.05) is 6.07 Å². The normalized spacial score (nSPS) is 26.7. The van der Waals surface area contributed by atoms with Crippen molar-refractivity contribution in [3.8, 4) is 5.75 Å². The zero-order valence-electron chi connectivity index (χ0n) is 14.4. The topological polar surface area (TPSA) is 77.3 Å². The molecule has 4 rings (SSSR count). The summed E-state index contributed by atoms with van der Waals surface area (Å²) in [5.74, 6) is 0.404. The lowest BCUT2D eigenvalue weighted by atomic mass is 10.0. The molecule has 7 nitrogen and oxygen atoms in total.